The minimum Gasteiger partial charge on any atom is -0.477 e. The third-order valence-electron chi connectivity index (χ3n) is 2.81. The Bertz CT molecular complexity index is 655. The van der Waals surface area contributed by atoms with Crippen LogP contribution >= 0.6 is 0 Å². The second-order valence-corrected chi connectivity index (χ2v) is 4.08. The SMILES string of the molecule is Cc1cc(=O)c(C(=O)O)cn1Cc1nccn1C. The molecule has 6 heteroatoms. The monoisotopic (exact) mass is 247 g/mol. The van der Waals surface area contributed by atoms with Gasteiger partial charge >= 0.3 is 5.97 Å². The van der Waals surface area contributed by atoms with Crippen LogP contribution in [0.15, 0.2) is 29.5 Å². The molecular weight excluding hydrogens is 234 g/mol. The third kappa shape index (κ3) is 2.17. The molecule has 6 nitrogen and oxygen atoms in total. The van der Waals surface area contributed by atoms with Gasteiger partial charge in [0.05, 0.1) is 6.54 Å². The summed E-state index contributed by atoms with van der Waals surface area (Å²) in [7, 11) is 1.86. The molecule has 1 N–H and O–H groups in total. The van der Waals surface area contributed by atoms with Gasteiger partial charge in [-0.1, -0.05) is 0 Å². The molecule has 2 aromatic rings. The molecule has 2 rings (SSSR count). The summed E-state index contributed by atoms with van der Waals surface area (Å²) in [5.41, 5.74) is -0.00102. The lowest BCUT2D eigenvalue weighted by molar-refractivity contribution is 0.0694. The van der Waals surface area contributed by atoms with Crippen molar-refractivity contribution in [2.75, 3.05) is 0 Å². The molecule has 0 unspecified atom stereocenters. The fourth-order valence-electron chi connectivity index (χ4n) is 1.70. The number of aromatic nitrogens is 3. The van der Waals surface area contributed by atoms with E-state index in [9.17, 15) is 9.59 Å². The topological polar surface area (TPSA) is 77.1 Å². The normalized spacial score (nSPS) is 10.6. The summed E-state index contributed by atoms with van der Waals surface area (Å²) in [5, 5.41) is 8.93. The van der Waals surface area contributed by atoms with Crippen molar-refractivity contribution < 1.29 is 9.90 Å². The molecule has 0 spiro atoms. The summed E-state index contributed by atoms with van der Waals surface area (Å²) in [6.45, 7) is 2.19. The van der Waals surface area contributed by atoms with E-state index in [4.69, 9.17) is 5.11 Å². The van der Waals surface area contributed by atoms with E-state index >= 15 is 0 Å². The first-order chi connectivity index (χ1) is 8.49. The van der Waals surface area contributed by atoms with Crippen molar-refractivity contribution in [3.05, 3.63) is 52.0 Å². The van der Waals surface area contributed by atoms with E-state index in [-0.39, 0.29) is 5.56 Å². The number of aromatic carboxylic acids is 1. The minimum absolute atomic E-state index is 0.227. The molecule has 0 atom stereocenters. The van der Waals surface area contributed by atoms with Crippen LogP contribution in [0.3, 0.4) is 0 Å². The molecule has 0 aromatic carbocycles. The molecule has 0 fully saturated rings. The summed E-state index contributed by atoms with van der Waals surface area (Å²) in [6.07, 6.45) is 4.84. The zero-order valence-electron chi connectivity index (χ0n) is 10.1. The van der Waals surface area contributed by atoms with Gasteiger partial charge in [0.25, 0.3) is 0 Å². The number of hydrogen-bond donors (Lipinski definition) is 1. The molecular formula is C12H13N3O3. The summed E-state index contributed by atoms with van der Waals surface area (Å²) >= 11 is 0. The van der Waals surface area contributed by atoms with E-state index in [1.807, 2.05) is 17.8 Å². The summed E-state index contributed by atoms with van der Waals surface area (Å²) in [4.78, 5) is 26.6. The predicted octanol–water partition coefficient (Wildman–Crippen LogP) is 0.637. The minimum atomic E-state index is -1.21. The Balaban J connectivity index is 2.45. The molecule has 0 saturated heterocycles. The number of nitrogens with zero attached hydrogens (tertiary/aromatic N) is 3. The van der Waals surface area contributed by atoms with Crippen LogP contribution in [0, 0.1) is 6.92 Å². The van der Waals surface area contributed by atoms with Gasteiger partial charge in [-0.15, -0.1) is 0 Å². The van der Waals surface area contributed by atoms with Gasteiger partial charge in [0.15, 0.2) is 5.43 Å². The Kier molecular flexibility index (Phi) is 3.01. The second-order valence-electron chi connectivity index (χ2n) is 4.08. The fourth-order valence-corrected chi connectivity index (χ4v) is 1.70. The molecule has 0 saturated carbocycles. The van der Waals surface area contributed by atoms with E-state index in [0.29, 0.717) is 12.2 Å². The Morgan fingerprint density at radius 1 is 1.50 bits per heavy atom. The van der Waals surface area contributed by atoms with Gasteiger partial charge in [0.2, 0.25) is 0 Å². The van der Waals surface area contributed by atoms with Gasteiger partial charge in [-0.2, -0.15) is 0 Å². The number of carbonyl (C=O) groups is 1. The summed E-state index contributed by atoms with van der Waals surface area (Å²) in [5.74, 6) is -0.424. The van der Waals surface area contributed by atoms with E-state index in [1.165, 1.54) is 12.3 Å². The molecule has 2 aromatic heterocycles. The Morgan fingerprint density at radius 3 is 2.78 bits per heavy atom. The molecule has 0 aliphatic carbocycles. The van der Waals surface area contributed by atoms with E-state index in [2.05, 4.69) is 4.98 Å². The lowest BCUT2D eigenvalue weighted by Gasteiger charge is -2.11. The van der Waals surface area contributed by atoms with Gasteiger partial charge in [0.1, 0.15) is 11.4 Å². The number of imidazole rings is 1. The highest BCUT2D eigenvalue weighted by Crippen LogP contribution is 2.04. The third-order valence-corrected chi connectivity index (χ3v) is 2.81. The first-order valence-electron chi connectivity index (χ1n) is 5.39. The van der Waals surface area contributed by atoms with Gasteiger partial charge in [-0.05, 0) is 6.92 Å². The summed E-state index contributed by atoms with van der Waals surface area (Å²) in [6, 6.07) is 1.33. The number of carboxylic acids is 1. The molecule has 0 radical (unpaired) electrons. The van der Waals surface area contributed by atoms with Crippen LogP contribution < -0.4 is 5.43 Å². The average Bonchev–Trinajstić information content (AvgIpc) is 2.67. The number of hydrogen-bond acceptors (Lipinski definition) is 3. The first kappa shape index (κ1) is 12.1. The van der Waals surface area contributed by atoms with Crippen molar-refractivity contribution in [2.45, 2.75) is 13.5 Å². The largest absolute Gasteiger partial charge is 0.477 e. The fraction of sp³-hybridized carbons (Fsp3) is 0.250. The van der Waals surface area contributed by atoms with Gasteiger partial charge in [-0.3, -0.25) is 4.79 Å². The van der Waals surface area contributed by atoms with Crippen LogP contribution in [-0.4, -0.2) is 25.2 Å². The number of pyridine rings is 1. The lowest BCUT2D eigenvalue weighted by atomic mass is 10.2. The van der Waals surface area contributed by atoms with Crippen molar-refractivity contribution in [3.63, 3.8) is 0 Å². The van der Waals surface area contributed by atoms with Crippen LogP contribution in [0.2, 0.25) is 0 Å². The molecule has 0 aliphatic heterocycles. The van der Waals surface area contributed by atoms with Crippen molar-refractivity contribution >= 4 is 5.97 Å². The highest BCUT2D eigenvalue weighted by atomic mass is 16.4. The van der Waals surface area contributed by atoms with Crippen molar-refractivity contribution in [1.82, 2.24) is 14.1 Å². The molecule has 0 bridgehead atoms. The molecule has 0 aliphatic rings. The average molecular weight is 247 g/mol. The molecule has 18 heavy (non-hydrogen) atoms. The maximum Gasteiger partial charge on any atom is 0.341 e. The van der Waals surface area contributed by atoms with Crippen LogP contribution in [0.4, 0.5) is 0 Å². The first-order valence-corrected chi connectivity index (χ1v) is 5.39. The van der Waals surface area contributed by atoms with E-state index in [1.54, 1.807) is 17.7 Å². The van der Waals surface area contributed by atoms with Crippen molar-refractivity contribution in [1.29, 1.82) is 0 Å². The van der Waals surface area contributed by atoms with Gasteiger partial charge < -0.3 is 14.2 Å². The Hall–Kier alpha value is -2.37. The quantitative estimate of drug-likeness (QED) is 0.863. The molecule has 94 valence electrons. The highest BCUT2D eigenvalue weighted by molar-refractivity contribution is 5.87. The molecule has 2 heterocycles. The Morgan fingerprint density at radius 2 is 2.22 bits per heavy atom. The maximum absolute atomic E-state index is 11.5. The van der Waals surface area contributed by atoms with Crippen LogP contribution in [0.1, 0.15) is 21.9 Å². The number of aryl methyl sites for hydroxylation is 2. The molecule has 0 amide bonds. The standard InChI is InChI=1S/C12H13N3O3/c1-8-5-10(16)9(12(17)18)6-15(8)7-11-13-3-4-14(11)2/h3-6H,7H2,1-2H3,(H,17,18). The highest BCUT2D eigenvalue weighted by Gasteiger charge is 2.11. The number of carboxylic acid groups (broad SMARTS) is 1. The van der Waals surface area contributed by atoms with Crippen molar-refractivity contribution in [3.8, 4) is 0 Å². The Labute approximate surface area is 103 Å². The van der Waals surface area contributed by atoms with Crippen LogP contribution in [0.25, 0.3) is 0 Å². The zero-order valence-corrected chi connectivity index (χ0v) is 10.1. The zero-order chi connectivity index (χ0) is 13.3. The summed E-state index contributed by atoms with van der Waals surface area (Å²) < 4.78 is 3.55. The maximum atomic E-state index is 11.5. The van der Waals surface area contributed by atoms with Gasteiger partial charge in [-0.25, -0.2) is 9.78 Å². The van der Waals surface area contributed by atoms with Crippen LogP contribution in [0.5, 0.6) is 0 Å². The second kappa shape index (κ2) is 4.48. The lowest BCUT2D eigenvalue weighted by Crippen LogP contribution is -2.20. The van der Waals surface area contributed by atoms with E-state index < -0.39 is 11.4 Å². The number of rotatable bonds is 3. The smallest absolute Gasteiger partial charge is 0.341 e. The predicted molar refractivity (Wildman–Crippen MR) is 64.7 cm³/mol. The van der Waals surface area contributed by atoms with Crippen LogP contribution in [-0.2, 0) is 13.6 Å². The van der Waals surface area contributed by atoms with Crippen molar-refractivity contribution in [2.24, 2.45) is 7.05 Å². The van der Waals surface area contributed by atoms with Gasteiger partial charge in [0, 0.05) is 37.4 Å². The van der Waals surface area contributed by atoms with E-state index in [0.717, 1.165) is 5.82 Å².